The Labute approximate surface area is 189 Å². The van der Waals surface area contributed by atoms with Gasteiger partial charge in [-0.1, -0.05) is 25.7 Å². The fourth-order valence-electron chi connectivity index (χ4n) is 4.47. The first-order valence-corrected chi connectivity index (χ1v) is 12.8. The topological polar surface area (TPSA) is 116 Å². The van der Waals surface area contributed by atoms with E-state index in [1.807, 2.05) is 0 Å². The molecular weight excluding hydrogens is 432 g/mol. The van der Waals surface area contributed by atoms with Crippen molar-refractivity contribution in [2.75, 3.05) is 29.6 Å². The minimum atomic E-state index is -3.67. The summed E-state index contributed by atoms with van der Waals surface area (Å²) in [5.41, 5.74) is -0.385. The van der Waals surface area contributed by atoms with Crippen molar-refractivity contribution in [1.82, 2.24) is 9.62 Å². The van der Waals surface area contributed by atoms with Gasteiger partial charge in [-0.25, -0.2) is 8.42 Å². The van der Waals surface area contributed by atoms with Crippen LogP contribution in [0.25, 0.3) is 0 Å². The van der Waals surface area contributed by atoms with E-state index in [0.29, 0.717) is 11.4 Å². The van der Waals surface area contributed by atoms with Crippen LogP contribution in [0.5, 0.6) is 0 Å². The standard InChI is InChI=1S/C22H32N4O5S/c1-16(27)23-18-10-12-19(13-11-18)26-20(28)14-25(32(3,30)31)15-22(26,2)21(29)24-17-8-6-4-5-7-9-17/h10-13,17H,4-9,14-15H2,1-3H3,(H,23,27)(H,24,29)/t22-/m1/s1. The highest BCUT2D eigenvalue weighted by molar-refractivity contribution is 7.88. The molecule has 0 spiro atoms. The monoisotopic (exact) mass is 464 g/mol. The summed E-state index contributed by atoms with van der Waals surface area (Å²) in [4.78, 5) is 39.4. The highest BCUT2D eigenvalue weighted by Crippen LogP contribution is 2.32. The van der Waals surface area contributed by atoms with Gasteiger partial charge in [0, 0.05) is 30.9 Å². The zero-order chi connectivity index (χ0) is 23.5. The number of hydrogen-bond donors (Lipinski definition) is 2. The van der Waals surface area contributed by atoms with Crippen molar-refractivity contribution >= 4 is 39.1 Å². The second-order valence-electron chi connectivity index (χ2n) is 8.92. The predicted octanol–water partition coefficient (Wildman–Crippen LogP) is 1.85. The van der Waals surface area contributed by atoms with Crippen LogP contribution in [0, 0.1) is 0 Å². The molecule has 3 amide bonds. The molecule has 1 aromatic rings. The van der Waals surface area contributed by atoms with Crippen LogP contribution in [0.3, 0.4) is 0 Å². The van der Waals surface area contributed by atoms with Gasteiger partial charge in [0.25, 0.3) is 0 Å². The van der Waals surface area contributed by atoms with E-state index in [1.165, 1.54) is 11.8 Å². The lowest BCUT2D eigenvalue weighted by Gasteiger charge is -2.47. The van der Waals surface area contributed by atoms with Crippen LogP contribution >= 0.6 is 0 Å². The molecular formula is C22H32N4O5S. The van der Waals surface area contributed by atoms with Gasteiger partial charge in [0.15, 0.2) is 0 Å². The molecule has 1 aliphatic carbocycles. The average Bonchev–Trinajstić information content (AvgIpc) is 2.96. The number of nitrogens with one attached hydrogen (secondary N) is 2. The lowest BCUT2D eigenvalue weighted by atomic mass is 9.93. The number of amides is 3. The molecule has 1 atom stereocenters. The molecule has 2 fully saturated rings. The van der Waals surface area contributed by atoms with E-state index in [4.69, 9.17) is 0 Å². The van der Waals surface area contributed by atoms with Crippen LogP contribution in [0.2, 0.25) is 0 Å². The summed E-state index contributed by atoms with van der Waals surface area (Å²) in [6.07, 6.45) is 7.12. The van der Waals surface area contributed by atoms with Crippen LogP contribution in [0.4, 0.5) is 11.4 Å². The second kappa shape index (κ2) is 9.58. The van der Waals surface area contributed by atoms with Gasteiger partial charge in [0.05, 0.1) is 12.8 Å². The summed E-state index contributed by atoms with van der Waals surface area (Å²) in [6, 6.07) is 6.61. The van der Waals surface area contributed by atoms with E-state index in [-0.39, 0.29) is 30.9 Å². The molecule has 1 saturated carbocycles. The predicted molar refractivity (Wildman–Crippen MR) is 123 cm³/mol. The van der Waals surface area contributed by atoms with Gasteiger partial charge in [0.2, 0.25) is 27.7 Å². The van der Waals surface area contributed by atoms with E-state index in [1.54, 1.807) is 31.2 Å². The smallest absolute Gasteiger partial charge is 0.247 e. The van der Waals surface area contributed by atoms with Gasteiger partial charge in [-0.05, 0) is 44.0 Å². The molecule has 1 aliphatic heterocycles. The third-order valence-electron chi connectivity index (χ3n) is 6.13. The first-order valence-electron chi connectivity index (χ1n) is 11.0. The maximum atomic E-state index is 13.5. The van der Waals surface area contributed by atoms with Gasteiger partial charge in [-0.3, -0.25) is 19.3 Å². The number of anilines is 2. The summed E-state index contributed by atoms with van der Waals surface area (Å²) in [5, 5.41) is 5.76. The normalized spacial score (nSPS) is 23.5. The van der Waals surface area contributed by atoms with Gasteiger partial charge in [-0.2, -0.15) is 4.31 Å². The van der Waals surface area contributed by atoms with E-state index < -0.39 is 21.5 Å². The highest BCUT2D eigenvalue weighted by Gasteiger charge is 2.50. The SMILES string of the molecule is CC(=O)Nc1ccc(N2C(=O)CN(S(C)(=O)=O)C[C@]2(C)C(=O)NC2CCCCCC2)cc1. The number of hydrogen-bond acceptors (Lipinski definition) is 5. The summed E-state index contributed by atoms with van der Waals surface area (Å²) in [6.45, 7) is 2.54. The molecule has 1 aromatic carbocycles. The Morgan fingerprint density at radius 1 is 1.06 bits per heavy atom. The molecule has 2 aliphatic rings. The molecule has 32 heavy (non-hydrogen) atoms. The number of benzene rings is 1. The molecule has 0 radical (unpaired) electrons. The van der Waals surface area contributed by atoms with Crippen LogP contribution in [0.1, 0.15) is 52.4 Å². The quantitative estimate of drug-likeness (QED) is 0.645. The highest BCUT2D eigenvalue weighted by atomic mass is 32.2. The summed E-state index contributed by atoms with van der Waals surface area (Å²) >= 11 is 0. The molecule has 0 unspecified atom stereocenters. The molecule has 0 aromatic heterocycles. The van der Waals surface area contributed by atoms with Gasteiger partial charge < -0.3 is 10.6 Å². The average molecular weight is 465 g/mol. The van der Waals surface area contributed by atoms with Gasteiger partial charge in [-0.15, -0.1) is 0 Å². The molecule has 2 N–H and O–H groups in total. The van der Waals surface area contributed by atoms with E-state index >= 15 is 0 Å². The Bertz CT molecular complexity index is 971. The summed E-state index contributed by atoms with van der Waals surface area (Å²) in [7, 11) is -3.67. The second-order valence-corrected chi connectivity index (χ2v) is 10.9. The van der Waals surface area contributed by atoms with Crippen molar-refractivity contribution in [1.29, 1.82) is 0 Å². The van der Waals surface area contributed by atoms with Crippen molar-refractivity contribution in [2.45, 2.75) is 64.0 Å². The largest absolute Gasteiger partial charge is 0.351 e. The number of piperazine rings is 1. The first-order chi connectivity index (χ1) is 15.0. The molecule has 0 bridgehead atoms. The molecule has 1 heterocycles. The molecule has 9 nitrogen and oxygen atoms in total. The van der Waals surface area contributed by atoms with Crippen molar-refractivity contribution < 1.29 is 22.8 Å². The van der Waals surface area contributed by atoms with Crippen molar-refractivity contribution in [3.63, 3.8) is 0 Å². The summed E-state index contributed by atoms with van der Waals surface area (Å²) in [5.74, 6) is -1.06. The maximum Gasteiger partial charge on any atom is 0.247 e. The Morgan fingerprint density at radius 2 is 1.66 bits per heavy atom. The van der Waals surface area contributed by atoms with E-state index in [2.05, 4.69) is 10.6 Å². The van der Waals surface area contributed by atoms with Crippen molar-refractivity contribution in [3.05, 3.63) is 24.3 Å². The third-order valence-corrected chi connectivity index (χ3v) is 7.33. The minimum absolute atomic E-state index is 0.00882. The number of nitrogens with zero attached hydrogens (tertiary/aromatic N) is 2. The number of rotatable bonds is 5. The van der Waals surface area contributed by atoms with Crippen LogP contribution in [-0.2, 0) is 24.4 Å². The molecule has 10 heteroatoms. The first kappa shape index (κ1) is 24.2. The van der Waals surface area contributed by atoms with E-state index in [0.717, 1.165) is 49.1 Å². The molecule has 1 saturated heterocycles. The lowest BCUT2D eigenvalue weighted by molar-refractivity contribution is -0.133. The Kier molecular flexibility index (Phi) is 7.24. The van der Waals surface area contributed by atoms with Crippen LogP contribution in [0.15, 0.2) is 24.3 Å². The fourth-order valence-corrected chi connectivity index (χ4v) is 5.30. The minimum Gasteiger partial charge on any atom is -0.351 e. The zero-order valence-corrected chi connectivity index (χ0v) is 19.7. The number of carbonyl (C=O) groups is 3. The fraction of sp³-hybridized carbons (Fsp3) is 0.591. The van der Waals surface area contributed by atoms with E-state index in [9.17, 15) is 22.8 Å². The number of sulfonamides is 1. The zero-order valence-electron chi connectivity index (χ0n) is 18.9. The van der Waals surface area contributed by atoms with Crippen LogP contribution in [-0.4, -0.2) is 61.4 Å². The van der Waals surface area contributed by atoms with Gasteiger partial charge in [0.1, 0.15) is 5.54 Å². The van der Waals surface area contributed by atoms with Gasteiger partial charge >= 0.3 is 0 Å². The lowest BCUT2D eigenvalue weighted by Crippen LogP contribution is -2.70. The Morgan fingerprint density at radius 3 is 2.19 bits per heavy atom. The van der Waals surface area contributed by atoms with Crippen molar-refractivity contribution in [3.8, 4) is 0 Å². The van der Waals surface area contributed by atoms with Crippen LogP contribution < -0.4 is 15.5 Å². The maximum absolute atomic E-state index is 13.5. The third kappa shape index (κ3) is 5.47. The molecule has 3 rings (SSSR count). The Hall–Kier alpha value is -2.46. The number of carbonyl (C=O) groups excluding carboxylic acids is 3. The van der Waals surface area contributed by atoms with Crippen molar-refractivity contribution in [2.24, 2.45) is 0 Å². The molecule has 176 valence electrons. The Balaban J connectivity index is 1.94. The summed E-state index contributed by atoms with van der Waals surface area (Å²) < 4.78 is 25.6.